The van der Waals surface area contributed by atoms with Crippen LogP contribution in [0.4, 0.5) is 0 Å². The highest BCUT2D eigenvalue weighted by molar-refractivity contribution is 5.71. The molecule has 0 bridgehead atoms. The van der Waals surface area contributed by atoms with Crippen LogP contribution in [0.5, 0.6) is 0 Å². The molecule has 1 unspecified atom stereocenters. The van der Waals surface area contributed by atoms with Gasteiger partial charge in [0.25, 0.3) is 0 Å². The zero-order chi connectivity index (χ0) is 10.1. The van der Waals surface area contributed by atoms with E-state index in [1.165, 1.54) is 6.92 Å². The van der Waals surface area contributed by atoms with Crippen molar-refractivity contribution in [2.45, 2.75) is 20.0 Å². The molecule has 0 aromatic rings. The topological polar surface area (TPSA) is 70.9 Å². The van der Waals surface area contributed by atoms with Gasteiger partial charge >= 0.3 is 5.97 Å². The number of ether oxygens (including phenoxy) is 1. The van der Waals surface area contributed by atoms with Gasteiger partial charge in [0, 0.05) is 13.2 Å². The predicted octanol–water partition coefficient (Wildman–Crippen LogP) is 0.114. The number of carbonyl (C=O) groups is 1. The highest BCUT2D eigenvalue weighted by atomic mass is 16.5. The lowest BCUT2D eigenvalue weighted by Gasteiger charge is -2.03. The summed E-state index contributed by atoms with van der Waals surface area (Å²) in [4.78, 5) is 13.8. The van der Waals surface area contributed by atoms with Crippen molar-refractivity contribution in [3.63, 3.8) is 0 Å². The Morgan fingerprint density at radius 2 is 2.54 bits per heavy atom. The quantitative estimate of drug-likeness (QED) is 0.659. The number of aliphatic carboxylic acids is 1. The number of hydrogen-bond donors (Lipinski definition) is 2. The molecule has 1 rings (SSSR count). The molecule has 2 N–H and O–H groups in total. The van der Waals surface area contributed by atoms with Gasteiger partial charge in [0.05, 0.1) is 12.9 Å². The van der Waals surface area contributed by atoms with Crippen LogP contribution in [-0.4, -0.2) is 43.2 Å². The summed E-state index contributed by atoms with van der Waals surface area (Å²) in [5.41, 5.74) is 0. The Kier molecular flexibility index (Phi) is 6.91. The molecular weight excluding hydrogens is 172 g/mol. The van der Waals surface area contributed by atoms with Crippen LogP contribution in [0.3, 0.4) is 0 Å². The molecule has 0 amide bonds. The van der Waals surface area contributed by atoms with E-state index in [1.54, 1.807) is 13.3 Å². The summed E-state index contributed by atoms with van der Waals surface area (Å²) < 4.78 is 4.70. The van der Waals surface area contributed by atoms with E-state index in [4.69, 9.17) is 9.84 Å². The molecule has 1 aliphatic heterocycles. The summed E-state index contributed by atoms with van der Waals surface area (Å²) in [6.07, 6.45) is 1.07. The van der Waals surface area contributed by atoms with Crippen LogP contribution in [0.1, 0.15) is 13.8 Å². The van der Waals surface area contributed by atoms with Gasteiger partial charge in [-0.05, 0) is 13.8 Å². The van der Waals surface area contributed by atoms with Gasteiger partial charge in [-0.1, -0.05) is 0 Å². The molecule has 1 aliphatic rings. The molecule has 0 aromatic heterocycles. The van der Waals surface area contributed by atoms with E-state index in [0.29, 0.717) is 6.61 Å². The van der Waals surface area contributed by atoms with Crippen LogP contribution < -0.4 is 5.32 Å². The molecule has 13 heavy (non-hydrogen) atoms. The Bertz CT molecular complexity index is 165. The van der Waals surface area contributed by atoms with Gasteiger partial charge in [0.2, 0.25) is 0 Å². The van der Waals surface area contributed by atoms with Gasteiger partial charge in [0.1, 0.15) is 0 Å². The molecular formula is C8H16N2O3. The summed E-state index contributed by atoms with van der Waals surface area (Å²) in [6.45, 7) is 5.71. The highest BCUT2D eigenvalue weighted by Crippen LogP contribution is 1.87. The number of aliphatic imine (C=N–C) groups is 1. The van der Waals surface area contributed by atoms with Crippen LogP contribution in [0.15, 0.2) is 4.99 Å². The minimum Gasteiger partial charge on any atom is -0.479 e. The van der Waals surface area contributed by atoms with E-state index < -0.39 is 12.1 Å². The Labute approximate surface area is 77.8 Å². The maximum absolute atomic E-state index is 9.96. The van der Waals surface area contributed by atoms with Crippen LogP contribution in [0.25, 0.3) is 0 Å². The second-order valence-corrected chi connectivity index (χ2v) is 2.43. The Morgan fingerprint density at radius 1 is 1.85 bits per heavy atom. The Balaban J connectivity index is 0.000000243. The second kappa shape index (κ2) is 7.54. The molecule has 0 fully saturated rings. The van der Waals surface area contributed by atoms with Gasteiger partial charge in [-0.25, -0.2) is 4.79 Å². The summed E-state index contributed by atoms with van der Waals surface area (Å²) in [7, 11) is 0. The van der Waals surface area contributed by atoms with E-state index in [2.05, 4.69) is 10.3 Å². The molecule has 5 nitrogen and oxygen atoms in total. The minimum absolute atomic E-state index is 0.452. The first kappa shape index (κ1) is 11.9. The first-order chi connectivity index (χ1) is 6.18. The van der Waals surface area contributed by atoms with Gasteiger partial charge in [-0.2, -0.15) is 0 Å². The number of carboxylic acids is 1. The fourth-order valence-electron chi connectivity index (χ4n) is 0.644. The summed E-state index contributed by atoms with van der Waals surface area (Å²) >= 11 is 0. The second-order valence-electron chi connectivity index (χ2n) is 2.43. The van der Waals surface area contributed by atoms with Gasteiger partial charge in [-0.15, -0.1) is 0 Å². The van der Waals surface area contributed by atoms with Gasteiger partial charge < -0.3 is 15.2 Å². The van der Waals surface area contributed by atoms with E-state index >= 15 is 0 Å². The van der Waals surface area contributed by atoms with Crippen LogP contribution in [-0.2, 0) is 9.53 Å². The zero-order valence-corrected chi connectivity index (χ0v) is 7.99. The third kappa shape index (κ3) is 7.27. The van der Waals surface area contributed by atoms with Crippen molar-refractivity contribution in [1.29, 1.82) is 0 Å². The van der Waals surface area contributed by atoms with Crippen molar-refractivity contribution in [3.05, 3.63) is 0 Å². The fraction of sp³-hybridized carbons (Fsp3) is 0.750. The first-order valence-corrected chi connectivity index (χ1v) is 4.24. The Hall–Kier alpha value is -1.10. The largest absolute Gasteiger partial charge is 0.479 e. The van der Waals surface area contributed by atoms with Gasteiger partial charge in [0.15, 0.2) is 6.10 Å². The van der Waals surface area contributed by atoms with Crippen LogP contribution in [0, 0.1) is 0 Å². The van der Waals surface area contributed by atoms with Crippen molar-refractivity contribution in [2.75, 3.05) is 19.7 Å². The molecule has 1 heterocycles. The molecule has 1 atom stereocenters. The van der Waals surface area contributed by atoms with Crippen LogP contribution in [0.2, 0.25) is 0 Å². The maximum atomic E-state index is 9.96. The summed E-state index contributed by atoms with van der Waals surface area (Å²) in [5.74, 6) is -0.910. The SMILES string of the molecule is C1=NCCN1.CCOC(C)C(=O)O. The average molecular weight is 188 g/mol. The molecule has 0 aliphatic carbocycles. The molecule has 0 spiro atoms. The number of nitrogens with zero attached hydrogens (tertiary/aromatic N) is 1. The third-order valence-electron chi connectivity index (χ3n) is 1.33. The van der Waals surface area contributed by atoms with Crippen molar-refractivity contribution < 1.29 is 14.6 Å². The lowest BCUT2D eigenvalue weighted by Crippen LogP contribution is -2.19. The number of carboxylic acid groups (broad SMARTS) is 1. The molecule has 76 valence electrons. The molecule has 0 saturated heterocycles. The Morgan fingerprint density at radius 3 is 2.69 bits per heavy atom. The average Bonchev–Trinajstić information content (AvgIpc) is 2.61. The lowest BCUT2D eigenvalue weighted by molar-refractivity contribution is -0.148. The maximum Gasteiger partial charge on any atom is 0.332 e. The third-order valence-corrected chi connectivity index (χ3v) is 1.33. The fourth-order valence-corrected chi connectivity index (χ4v) is 0.644. The molecule has 0 aromatic carbocycles. The smallest absolute Gasteiger partial charge is 0.332 e. The van der Waals surface area contributed by atoms with Crippen molar-refractivity contribution in [2.24, 2.45) is 4.99 Å². The van der Waals surface area contributed by atoms with E-state index in [-0.39, 0.29) is 0 Å². The van der Waals surface area contributed by atoms with Gasteiger partial charge in [-0.3, -0.25) is 4.99 Å². The molecule has 0 saturated carbocycles. The number of nitrogens with one attached hydrogen (secondary N) is 1. The van der Waals surface area contributed by atoms with E-state index in [9.17, 15) is 4.79 Å². The van der Waals surface area contributed by atoms with Crippen molar-refractivity contribution >= 4 is 12.3 Å². The zero-order valence-electron chi connectivity index (χ0n) is 7.99. The van der Waals surface area contributed by atoms with Crippen LogP contribution >= 0.6 is 0 Å². The van der Waals surface area contributed by atoms with Crippen molar-refractivity contribution in [3.8, 4) is 0 Å². The number of hydrogen-bond acceptors (Lipinski definition) is 4. The predicted molar refractivity (Wildman–Crippen MR) is 50.1 cm³/mol. The first-order valence-electron chi connectivity index (χ1n) is 4.24. The van der Waals surface area contributed by atoms with E-state index in [0.717, 1.165) is 13.1 Å². The lowest BCUT2D eigenvalue weighted by atomic mass is 10.4. The highest BCUT2D eigenvalue weighted by Gasteiger charge is 2.07. The molecule has 5 heteroatoms. The van der Waals surface area contributed by atoms with E-state index in [1.807, 2.05) is 0 Å². The minimum atomic E-state index is -0.910. The summed E-state index contributed by atoms with van der Waals surface area (Å²) in [6, 6.07) is 0. The monoisotopic (exact) mass is 188 g/mol. The van der Waals surface area contributed by atoms with Crippen molar-refractivity contribution in [1.82, 2.24) is 5.32 Å². The summed E-state index contributed by atoms with van der Waals surface area (Å²) in [5, 5.41) is 11.1. The molecule has 0 radical (unpaired) electrons. The number of rotatable bonds is 3. The normalized spacial score (nSPS) is 15.5. The standard InChI is InChI=1S/C5H10O3.C3H6N2/c1-3-8-4(2)5(6)7;1-2-5-3-4-1/h4H,3H2,1-2H3,(H,6,7);3H,1-2H2,(H,4,5).